The Bertz CT molecular complexity index is 671. The first-order valence-corrected chi connectivity index (χ1v) is 6.10. The van der Waals surface area contributed by atoms with Gasteiger partial charge in [-0.3, -0.25) is 0 Å². The Balaban J connectivity index is 2.37. The maximum absolute atomic E-state index is 14.2. The zero-order chi connectivity index (χ0) is 13.8. The van der Waals surface area contributed by atoms with Crippen LogP contribution in [-0.4, -0.2) is 6.61 Å². The highest BCUT2D eigenvalue weighted by Gasteiger charge is 2.13. The normalized spacial score (nSPS) is 11.3. The molecule has 3 nitrogen and oxygen atoms in total. The molecule has 1 aromatic carbocycles. The summed E-state index contributed by atoms with van der Waals surface area (Å²) in [4.78, 5) is 11.7. The number of rotatable bonds is 4. The molecule has 0 fully saturated rings. The van der Waals surface area contributed by atoms with E-state index in [2.05, 4.69) is 0 Å². The summed E-state index contributed by atoms with van der Waals surface area (Å²) in [7, 11) is 0. The molecule has 0 unspecified atom stereocenters. The second kappa shape index (κ2) is 5.69. The first-order chi connectivity index (χ1) is 9.13. The SMILES string of the molecule is C/C=C/CCOc1ccc2cc(C)oc(=O)c2c1F. The maximum Gasteiger partial charge on any atom is 0.346 e. The van der Waals surface area contributed by atoms with Crippen LogP contribution in [0.3, 0.4) is 0 Å². The molecule has 0 amide bonds. The van der Waals surface area contributed by atoms with Crippen LogP contribution in [0.4, 0.5) is 4.39 Å². The van der Waals surface area contributed by atoms with E-state index >= 15 is 0 Å². The Morgan fingerprint density at radius 1 is 1.42 bits per heavy atom. The third-order valence-electron chi connectivity index (χ3n) is 2.73. The smallest absolute Gasteiger partial charge is 0.346 e. The molecule has 19 heavy (non-hydrogen) atoms. The van der Waals surface area contributed by atoms with Crippen molar-refractivity contribution in [2.45, 2.75) is 20.3 Å². The van der Waals surface area contributed by atoms with E-state index in [-0.39, 0.29) is 11.1 Å². The van der Waals surface area contributed by atoms with Crippen LogP contribution >= 0.6 is 0 Å². The first kappa shape index (κ1) is 13.3. The predicted octanol–water partition coefficient (Wildman–Crippen LogP) is 3.59. The molecule has 0 aliphatic heterocycles. The van der Waals surface area contributed by atoms with E-state index in [1.54, 1.807) is 19.1 Å². The van der Waals surface area contributed by atoms with Crippen molar-refractivity contribution in [1.82, 2.24) is 0 Å². The number of halogens is 1. The number of hydrogen-bond acceptors (Lipinski definition) is 3. The summed E-state index contributed by atoms with van der Waals surface area (Å²) in [5, 5.41) is 0.459. The van der Waals surface area contributed by atoms with Gasteiger partial charge in [0.1, 0.15) is 11.1 Å². The lowest BCUT2D eigenvalue weighted by molar-refractivity contribution is 0.309. The van der Waals surface area contributed by atoms with Gasteiger partial charge in [0.25, 0.3) is 0 Å². The van der Waals surface area contributed by atoms with Gasteiger partial charge in [-0.25, -0.2) is 9.18 Å². The number of fused-ring (bicyclic) bond motifs is 1. The summed E-state index contributed by atoms with van der Waals surface area (Å²) in [6, 6.07) is 4.82. The molecule has 0 N–H and O–H groups in total. The highest BCUT2D eigenvalue weighted by Crippen LogP contribution is 2.24. The number of aryl methyl sites for hydroxylation is 1. The van der Waals surface area contributed by atoms with Gasteiger partial charge >= 0.3 is 5.63 Å². The monoisotopic (exact) mass is 262 g/mol. The van der Waals surface area contributed by atoms with Gasteiger partial charge in [0, 0.05) is 0 Å². The molecule has 1 aromatic heterocycles. The van der Waals surface area contributed by atoms with E-state index in [0.717, 1.165) is 0 Å². The molecule has 0 bridgehead atoms. The van der Waals surface area contributed by atoms with Crippen LogP contribution in [0.5, 0.6) is 5.75 Å². The van der Waals surface area contributed by atoms with Crippen LogP contribution in [0.15, 0.2) is 39.6 Å². The third kappa shape index (κ3) is 2.84. The molecule has 0 saturated carbocycles. The molecule has 0 aliphatic rings. The minimum absolute atomic E-state index is 0.0610. The topological polar surface area (TPSA) is 39.4 Å². The van der Waals surface area contributed by atoms with Crippen molar-refractivity contribution >= 4 is 10.8 Å². The van der Waals surface area contributed by atoms with Gasteiger partial charge in [-0.2, -0.15) is 0 Å². The van der Waals surface area contributed by atoms with E-state index in [1.165, 1.54) is 6.07 Å². The quantitative estimate of drug-likeness (QED) is 0.624. The Morgan fingerprint density at radius 2 is 2.21 bits per heavy atom. The second-order valence-corrected chi connectivity index (χ2v) is 4.19. The Morgan fingerprint density at radius 3 is 2.95 bits per heavy atom. The van der Waals surface area contributed by atoms with E-state index in [0.29, 0.717) is 24.2 Å². The summed E-state index contributed by atoms with van der Waals surface area (Å²) < 4.78 is 24.4. The van der Waals surface area contributed by atoms with Crippen molar-refractivity contribution < 1.29 is 13.5 Å². The van der Waals surface area contributed by atoms with Gasteiger partial charge in [0.2, 0.25) is 0 Å². The van der Waals surface area contributed by atoms with Crippen LogP contribution < -0.4 is 10.4 Å². The van der Waals surface area contributed by atoms with Gasteiger partial charge in [0.15, 0.2) is 11.6 Å². The van der Waals surface area contributed by atoms with Crippen LogP contribution in [0, 0.1) is 12.7 Å². The van der Waals surface area contributed by atoms with Crippen LogP contribution in [0.2, 0.25) is 0 Å². The van der Waals surface area contributed by atoms with Crippen molar-refractivity contribution in [3.8, 4) is 5.75 Å². The zero-order valence-corrected chi connectivity index (χ0v) is 10.9. The molecule has 0 aliphatic carbocycles. The van der Waals surface area contributed by atoms with E-state index < -0.39 is 11.4 Å². The summed E-state index contributed by atoms with van der Waals surface area (Å²) in [6.07, 6.45) is 4.52. The van der Waals surface area contributed by atoms with Crippen LogP contribution in [0.25, 0.3) is 10.8 Å². The molecule has 2 rings (SSSR count). The third-order valence-corrected chi connectivity index (χ3v) is 2.73. The highest BCUT2D eigenvalue weighted by molar-refractivity contribution is 5.83. The fourth-order valence-electron chi connectivity index (χ4n) is 1.86. The van der Waals surface area contributed by atoms with E-state index in [4.69, 9.17) is 9.15 Å². The maximum atomic E-state index is 14.2. The Labute approximate surface area is 110 Å². The fraction of sp³-hybridized carbons (Fsp3) is 0.267. The lowest BCUT2D eigenvalue weighted by atomic mass is 10.1. The summed E-state index contributed by atoms with van der Waals surface area (Å²) in [5.41, 5.74) is -0.675. The van der Waals surface area contributed by atoms with Gasteiger partial charge < -0.3 is 9.15 Å². The van der Waals surface area contributed by atoms with E-state index in [1.807, 2.05) is 19.1 Å². The lowest BCUT2D eigenvalue weighted by Crippen LogP contribution is -2.05. The zero-order valence-electron chi connectivity index (χ0n) is 10.9. The number of allylic oxidation sites excluding steroid dienone is 1. The van der Waals surface area contributed by atoms with Crippen molar-refractivity contribution in [2.24, 2.45) is 0 Å². The van der Waals surface area contributed by atoms with Gasteiger partial charge in [-0.05, 0) is 37.8 Å². The average molecular weight is 262 g/mol. The molecule has 2 aromatic rings. The van der Waals surface area contributed by atoms with Gasteiger partial charge in [-0.1, -0.05) is 18.2 Å². The molecule has 4 heteroatoms. The highest BCUT2D eigenvalue weighted by atomic mass is 19.1. The molecular formula is C15H15FO3. The molecule has 100 valence electrons. The molecule has 0 saturated heterocycles. The second-order valence-electron chi connectivity index (χ2n) is 4.19. The number of hydrogen-bond donors (Lipinski definition) is 0. The van der Waals surface area contributed by atoms with Gasteiger partial charge in [-0.15, -0.1) is 0 Å². The Hall–Kier alpha value is -2.10. The predicted molar refractivity (Wildman–Crippen MR) is 72.1 cm³/mol. The minimum atomic E-state index is -0.675. The van der Waals surface area contributed by atoms with Crippen molar-refractivity contribution in [2.75, 3.05) is 6.61 Å². The van der Waals surface area contributed by atoms with Crippen molar-refractivity contribution in [3.63, 3.8) is 0 Å². The standard InChI is InChI=1S/C15H15FO3/c1-3-4-5-8-18-12-7-6-11-9-10(2)19-15(17)13(11)14(12)16/h3-4,6-7,9H,5,8H2,1-2H3/b4-3+. The summed E-state index contributed by atoms with van der Waals surface area (Å²) in [6.45, 7) is 3.92. The molecule has 0 spiro atoms. The number of ether oxygens (including phenoxy) is 1. The molecule has 1 heterocycles. The van der Waals surface area contributed by atoms with Gasteiger partial charge in [0.05, 0.1) is 6.61 Å². The minimum Gasteiger partial charge on any atom is -0.490 e. The Kier molecular flexibility index (Phi) is 4.00. The molecule has 0 radical (unpaired) electrons. The fourth-order valence-corrected chi connectivity index (χ4v) is 1.86. The van der Waals surface area contributed by atoms with E-state index in [9.17, 15) is 9.18 Å². The number of benzene rings is 1. The molecule has 0 atom stereocenters. The largest absolute Gasteiger partial charge is 0.490 e. The van der Waals surface area contributed by atoms with Crippen molar-refractivity contribution in [3.05, 3.63) is 52.3 Å². The first-order valence-electron chi connectivity index (χ1n) is 6.10. The average Bonchev–Trinajstić information content (AvgIpc) is 2.36. The summed E-state index contributed by atoms with van der Waals surface area (Å²) >= 11 is 0. The van der Waals surface area contributed by atoms with Crippen molar-refractivity contribution in [1.29, 1.82) is 0 Å². The lowest BCUT2D eigenvalue weighted by Gasteiger charge is -2.07. The molecular weight excluding hydrogens is 247 g/mol. The summed E-state index contributed by atoms with van der Waals surface area (Å²) in [5.74, 6) is -0.126. The van der Waals surface area contributed by atoms with Crippen LogP contribution in [0.1, 0.15) is 19.1 Å². The van der Waals surface area contributed by atoms with Crippen LogP contribution in [-0.2, 0) is 0 Å².